The van der Waals surface area contributed by atoms with Gasteiger partial charge in [-0.05, 0) is 18.2 Å². The van der Waals surface area contributed by atoms with Crippen molar-refractivity contribution < 1.29 is 22.6 Å². The Hall–Kier alpha value is -2.02. The van der Waals surface area contributed by atoms with Crippen molar-refractivity contribution in [3.8, 4) is 23.1 Å². The summed E-state index contributed by atoms with van der Waals surface area (Å²) in [5, 5.41) is 7.31. The lowest BCUT2D eigenvalue weighted by molar-refractivity contribution is -0.137. The molecular weight excluding hydrogens is 285 g/mol. The minimum absolute atomic E-state index is 0.0137. The summed E-state index contributed by atoms with van der Waals surface area (Å²) in [6.45, 7) is 0. The van der Waals surface area contributed by atoms with Crippen molar-refractivity contribution in [2.45, 2.75) is 6.18 Å². The van der Waals surface area contributed by atoms with Crippen LogP contribution in [-0.2, 0) is 6.18 Å². The van der Waals surface area contributed by atoms with E-state index in [1.54, 1.807) is 0 Å². The van der Waals surface area contributed by atoms with E-state index < -0.39 is 11.7 Å². The fraction of sp³-hybridized carbons (Fsp3) is 0.0909. The first-order chi connectivity index (χ1) is 8.95. The Labute approximate surface area is 109 Å². The number of rotatable bonds is 0. The molecule has 0 atom stereocenters. The van der Waals surface area contributed by atoms with E-state index in [0.29, 0.717) is 0 Å². The molecule has 1 aromatic carbocycles. The van der Waals surface area contributed by atoms with Crippen LogP contribution in [0.15, 0.2) is 24.4 Å². The van der Waals surface area contributed by atoms with Crippen LogP contribution < -0.4 is 9.47 Å². The standard InChI is InChI=1S/C11H4ClF3N2O2/c12-6-4-16-17-10-9(6)18-8-3-5(11(13,14)15)1-2-7(8)19-10/h1-4H. The molecule has 0 unspecified atom stereocenters. The molecule has 98 valence electrons. The van der Waals surface area contributed by atoms with Crippen LogP contribution in [0.25, 0.3) is 0 Å². The number of halogens is 4. The van der Waals surface area contributed by atoms with Crippen molar-refractivity contribution in [3.05, 3.63) is 35.0 Å². The topological polar surface area (TPSA) is 44.2 Å². The van der Waals surface area contributed by atoms with E-state index in [1.807, 2.05) is 0 Å². The molecule has 0 fully saturated rings. The summed E-state index contributed by atoms with van der Waals surface area (Å²) in [5.74, 6) is 0.109. The van der Waals surface area contributed by atoms with Gasteiger partial charge in [0.2, 0.25) is 5.75 Å². The smallest absolute Gasteiger partial charge is 0.416 e. The number of alkyl halides is 3. The van der Waals surface area contributed by atoms with Crippen molar-refractivity contribution in [1.82, 2.24) is 10.2 Å². The first kappa shape index (κ1) is 12.0. The number of fused-ring (bicyclic) bond motifs is 2. The van der Waals surface area contributed by atoms with Crippen molar-refractivity contribution in [3.63, 3.8) is 0 Å². The second kappa shape index (κ2) is 3.99. The van der Waals surface area contributed by atoms with Gasteiger partial charge in [-0.3, -0.25) is 0 Å². The van der Waals surface area contributed by atoms with Crippen LogP contribution in [0.4, 0.5) is 13.2 Å². The molecular formula is C11H4ClF3N2O2. The van der Waals surface area contributed by atoms with Crippen molar-refractivity contribution >= 4 is 11.6 Å². The average Bonchev–Trinajstić information content (AvgIpc) is 2.35. The fourth-order valence-corrected chi connectivity index (χ4v) is 1.72. The molecule has 8 heteroatoms. The highest BCUT2D eigenvalue weighted by Crippen LogP contribution is 2.48. The van der Waals surface area contributed by atoms with E-state index >= 15 is 0 Å². The van der Waals surface area contributed by atoms with Gasteiger partial charge >= 0.3 is 6.18 Å². The predicted octanol–water partition coefficient (Wildman–Crippen LogP) is 4.05. The summed E-state index contributed by atoms with van der Waals surface area (Å²) >= 11 is 5.81. The summed E-state index contributed by atoms with van der Waals surface area (Å²) in [6.07, 6.45) is -3.25. The highest BCUT2D eigenvalue weighted by Gasteiger charge is 2.33. The largest absolute Gasteiger partial charge is 0.446 e. The van der Waals surface area contributed by atoms with E-state index in [4.69, 9.17) is 21.1 Å². The maximum absolute atomic E-state index is 12.6. The second-order valence-corrected chi connectivity index (χ2v) is 4.10. The number of aromatic nitrogens is 2. The van der Waals surface area contributed by atoms with Crippen molar-refractivity contribution in [1.29, 1.82) is 0 Å². The molecule has 0 radical (unpaired) electrons. The summed E-state index contributed by atoms with van der Waals surface area (Å²) in [4.78, 5) is 0. The number of ether oxygens (including phenoxy) is 2. The third kappa shape index (κ3) is 2.06. The number of benzene rings is 1. The lowest BCUT2D eigenvalue weighted by Gasteiger charge is -2.20. The molecule has 0 amide bonds. The molecule has 0 saturated heterocycles. The molecule has 0 spiro atoms. The molecule has 4 nitrogen and oxygen atoms in total. The van der Waals surface area contributed by atoms with Gasteiger partial charge in [-0.2, -0.15) is 18.3 Å². The Balaban J connectivity index is 2.06. The molecule has 1 aliphatic rings. The van der Waals surface area contributed by atoms with E-state index in [2.05, 4.69) is 10.2 Å². The molecule has 0 saturated carbocycles. The lowest BCUT2D eigenvalue weighted by atomic mass is 10.2. The van der Waals surface area contributed by atoms with Crippen LogP contribution in [0.1, 0.15) is 5.56 Å². The molecule has 2 aromatic rings. The normalized spacial score (nSPS) is 13.1. The number of hydrogen-bond acceptors (Lipinski definition) is 4. The van der Waals surface area contributed by atoms with Crippen LogP contribution >= 0.6 is 11.6 Å². The zero-order valence-corrected chi connectivity index (χ0v) is 9.79. The Kier molecular flexibility index (Phi) is 2.53. The summed E-state index contributed by atoms with van der Waals surface area (Å²) in [5.41, 5.74) is -0.837. The van der Waals surface area contributed by atoms with Crippen molar-refractivity contribution in [2.24, 2.45) is 0 Å². The Morgan fingerprint density at radius 3 is 2.63 bits per heavy atom. The SMILES string of the molecule is FC(F)(F)c1ccc2c(c1)Oc1c(Cl)cnnc1O2. The van der Waals surface area contributed by atoms with Crippen LogP contribution in [0, 0.1) is 0 Å². The zero-order chi connectivity index (χ0) is 13.6. The first-order valence-electron chi connectivity index (χ1n) is 5.03. The van der Waals surface area contributed by atoms with E-state index in [1.165, 1.54) is 6.20 Å². The minimum atomic E-state index is -4.46. The van der Waals surface area contributed by atoms with Gasteiger partial charge in [0.25, 0.3) is 5.88 Å². The monoisotopic (exact) mass is 288 g/mol. The van der Waals surface area contributed by atoms with Gasteiger partial charge in [0.15, 0.2) is 11.5 Å². The van der Waals surface area contributed by atoms with Crippen LogP contribution in [0.3, 0.4) is 0 Å². The lowest BCUT2D eigenvalue weighted by Crippen LogP contribution is -2.07. The third-order valence-electron chi connectivity index (χ3n) is 2.42. The average molecular weight is 289 g/mol. The molecule has 3 rings (SSSR count). The Morgan fingerprint density at radius 1 is 1.11 bits per heavy atom. The summed E-state index contributed by atoms with van der Waals surface area (Å²) in [7, 11) is 0. The van der Waals surface area contributed by atoms with Crippen LogP contribution in [-0.4, -0.2) is 10.2 Å². The van der Waals surface area contributed by atoms with Gasteiger partial charge < -0.3 is 9.47 Å². The van der Waals surface area contributed by atoms with Gasteiger partial charge in [-0.15, -0.1) is 5.10 Å². The fourth-order valence-electron chi connectivity index (χ4n) is 1.56. The third-order valence-corrected chi connectivity index (χ3v) is 2.69. The van der Waals surface area contributed by atoms with Gasteiger partial charge in [0.1, 0.15) is 5.02 Å². The summed E-state index contributed by atoms with van der Waals surface area (Å²) < 4.78 is 48.3. The van der Waals surface area contributed by atoms with Crippen molar-refractivity contribution in [2.75, 3.05) is 0 Å². The second-order valence-electron chi connectivity index (χ2n) is 3.69. The highest BCUT2D eigenvalue weighted by molar-refractivity contribution is 6.32. The van der Waals surface area contributed by atoms with E-state index in [9.17, 15) is 13.2 Å². The molecule has 0 N–H and O–H groups in total. The first-order valence-corrected chi connectivity index (χ1v) is 5.41. The Bertz CT molecular complexity index is 661. The predicted molar refractivity (Wildman–Crippen MR) is 58.6 cm³/mol. The molecule has 1 aromatic heterocycles. The maximum Gasteiger partial charge on any atom is 0.416 e. The summed E-state index contributed by atoms with van der Waals surface area (Å²) in [6, 6.07) is 2.89. The quantitative estimate of drug-likeness (QED) is 0.626. The zero-order valence-electron chi connectivity index (χ0n) is 9.03. The van der Waals surface area contributed by atoms with Gasteiger partial charge in [-0.1, -0.05) is 11.6 Å². The van der Waals surface area contributed by atoms with Gasteiger partial charge in [-0.25, -0.2) is 0 Å². The Morgan fingerprint density at radius 2 is 1.89 bits per heavy atom. The molecule has 0 bridgehead atoms. The molecule has 19 heavy (non-hydrogen) atoms. The molecule has 2 heterocycles. The molecule has 0 aliphatic carbocycles. The highest BCUT2D eigenvalue weighted by atomic mass is 35.5. The van der Waals surface area contributed by atoms with E-state index in [0.717, 1.165) is 18.2 Å². The van der Waals surface area contributed by atoms with Gasteiger partial charge in [0, 0.05) is 0 Å². The maximum atomic E-state index is 12.6. The molecule has 1 aliphatic heterocycles. The van der Waals surface area contributed by atoms with Crippen LogP contribution in [0.2, 0.25) is 5.02 Å². The van der Waals surface area contributed by atoms with E-state index in [-0.39, 0.29) is 28.2 Å². The van der Waals surface area contributed by atoms with Gasteiger partial charge in [0.05, 0.1) is 11.8 Å². The number of nitrogens with zero attached hydrogens (tertiary/aromatic N) is 2. The number of hydrogen-bond donors (Lipinski definition) is 0. The minimum Gasteiger partial charge on any atom is -0.446 e. The van der Waals surface area contributed by atoms with Crippen LogP contribution in [0.5, 0.6) is 23.1 Å².